The Morgan fingerprint density at radius 2 is 1.76 bits per heavy atom. The molecule has 1 aliphatic carbocycles. The number of hydrogen-bond acceptors (Lipinski definition) is 2. The summed E-state index contributed by atoms with van der Waals surface area (Å²) in [4.78, 5) is 12.5. The number of para-hydroxylation sites is 1. The largest absolute Gasteiger partial charge is 0.496 e. The van der Waals surface area contributed by atoms with E-state index in [0.717, 1.165) is 30.1 Å². The molecule has 0 spiro atoms. The second-order valence-corrected chi connectivity index (χ2v) is 7.37. The van der Waals surface area contributed by atoms with E-state index in [9.17, 15) is 4.79 Å². The summed E-state index contributed by atoms with van der Waals surface area (Å²) in [6.45, 7) is 6.94. The number of ether oxygens (including phenoxy) is 1. The van der Waals surface area contributed by atoms with E-state index in [0.29, 0.717) is 17.6 Å². The summed E-state index contributed by atoms with van der Waals surface area (Å²) in [6, 6.07) is 7.85. The summed E-state index contributed by atoms with van der Waals surface area (Å²) in [7, 11) is 1.66. The van der Waals surface area contributed by atoms with Gasteiger partial charge < -0.3 is 4.74 Å². The van der Waals surface area contributed by atoms with Crippen molar-refractivity contribution in [2.75, 3.05) is 7.11 Å². The van der Waals surface area contributed by atoms with E-state index < -0.39 is 0 Å². The number of carbonyl (C=O) groups excluding carboxylic acids is 1. The van der Waals surface area contributed by atoms with Crippen molar-refractivity contribution in [2.45, 2.75) is 52.9 Å². The first-order valence-electron chi connectivity index (χ1n) is 8.06. The minimum Gasteiger partial charge on any atom is -0.496 e. The monoisotopic (exact) mass is 288 g/mol. The van der Waals surface area contributed by atoms with E-state index in [1.54, 1.807) is 7.11 Å². The van der Waals surface area contributed by atoms with E-state index in [2.05, 4.69) is 20.8 Å². The molecule has 1 fully saturated rings. The smallest absolute Gasteiger partial charge is 0.140 e. The van der Waals surface area contributed by atoms with Crippen molar-refractivity contribution in [3.63, 3.8) is 0 Å². The average molecular weight is 288 g/mol. The van der Waals surface area contributed by atoms with Crippen molar-refractivity contribution >= 4 is 5.78 Å². The van der Waals surface area contributed by atoms with Crippen LogP contribution in [0.25, 0.3) is 0 Å². The molecule has 1 aromatic carbocycles. The first-order valence-corrected chi connectivity index (χ1v) is 8.06. The molecule has 0 aliphatic heterocycles. The lowest BCUT2D eigenvalue weighted by atomic mass is 9.69. The minimum absolute atomic E-state index is 0.244. The van der Waals surface area contributed by atoms with Crippen molar-refractivity contribution in [1.29, 1.82) is 0 Å². The van der Waals surface area contributed by atoms with Gasteiger partial charge in [-0.05, 0) is 43.1 Å². The number of rotatable bonds is 4. The fourth-order valence-corrected chi connectivity index (χ4v) is 3.46. The summed E-state index contributed by atoms with van der Waals surface area (Å²) in [5.41, 5.74) is 1.39. The summed E-state index contributed by atoms with van der Waals surface area (Å²) in [5, 5.41) is 0. The predicted octanol–water partition coefficient (Wildman–Crippen LogP) is 4.66. The summed E-state index contributed by atoms with van der Waals surface area (Å²) in [5.74, 6) is 2.21. The Kier molecular flexibility index (Phi) is 5.08. The van der Waals surface area contributed by atoms with Gasteiger partial charge in [0.25, 0.3) is 0 Å². The SMILES string of the molecule is COc1ccccc1CC(=O)C1CCC(C(C)(C)C)CC1. The summed E-state index contributed by atoms with van der Waals surface area (Å²) in [6.07, 6.45) is 4.98. The molecule has 116 valence electrons. The Balaban J connectivity index is 1.94. The lowest BCUT2D eigenvalue weighted by Crippen LogP contribution is -2.29. The molecule has 1 aromatic rings. The second-order valence-electron chi connectivity index (χ2n) is 7.37. The van der Waals surface area contributed by atoms with Gasteiger partial charge in [0.15, 0.2) is 0 Å². The van der Waals surface area contributed by atoms with Crippen molar-refractivity contribution in [3.8, 4) is 5.75 Å². The maximum atomic E-state index is 12.5. The third-order valence-electron chi connectivity index (χ3n) is 4.96. The van der Waals surface area contributed by atoms with Crippen LogP contribution in [0.2, 0.25) is 0 Å². The van der Waals surface area contributed by atoms with Crippen LogP contribution in [0, 0.1) is 17.3 Å². The summed E-state index contributed by atoms with van der Waals surface area (Å²) < 4.78 is 5.34. The summed E-state index contributed by atoms with van der Waals surface area (Å²) >= 11 is 0. The molecule has 0 unspecified atom stereocenters. The van der Waals surface area contributed by atoms with Crippen LogP contribution in [0.5, 0.6) is 5.75 Å². The zero-order valence-electron chi connectivity index (χ0n) is 13.8. The average Bonchev–Trinajstić information content (AvgIpc) is 2.47. The van der Waals surface area contributed by atoms with E-state index >= 15 is 0 Å². The van der Waals surface area contributed by atoms with Gasteiger partial charge in [-0.15, -0.1) is 0 Å². The lowest BCUT2D eigenvalue weighted by molar-refractivity contribution is -0.123. The molecule has 21 heavy (non-hydrogen) atoms. The van der Waals surface area contributed by atoms with Crippen LogP contribution in [-0.2, 0) is 11.2 Å². The Labute approximate surface area is 128 Å². The Morgan fingerprint density at radius 3 is 2.33 bits per heavy atom. The van der Waals surface area contributed by atoms with Crippen LogP contribution >= 0.6 is 0 Å². The molecule has 2 rings (SSSR count). The van der Waals surface area contributed by atoms with Gasteiger partial charge in [0.2, 0.25) is 0 Å². The topological polar surface area (TPSA) is 26.3 Å². The molecule has 0 heterocycles. The van der Waals surface area contributed by atoms with Crippen molar-refractivity contribution < 1.29 is 9.53 Å². The zero-order valence-corrected chi connectivity index (χ0v) is 13.8. The number of Topliss-reactive ketones (excluding diaryl/α,β-unsaturated/α-hetero) is 1. The number of benzene rings is 1. The van der Waals surface area contributed by atoms with Crippen molar-refractivity contribution in [1.82, 2.24) is 0 Å². The number of carbonyl (C=O) groups is 1. The maximum absolute atomic E-state index is 12.5. The zero-order chi connectivity index (χ0) is 15.5. The molecule has 0 atom stereocenters. The molecule has 1 aliphatic rings. The van der Waals surface area contributed by atoms with E-state index in [1.807, 2.05) is 24.3 Å². The standard InChI is InChI=1S/C19H28O2/c1-19(2,3)16-11-9-14(10-12-16)17(20)13-15-7-5-6-8-18(15)21-4/h5-8,14,16H,9-13H2,1-4H3. The van der Waals surface area contributed by atoms with Crippen LogP contribution < -0.4 is 4.74 Å². The number of ketones is 1. The van der Waals surface area contributed by atoms with E-state index in [-0.39, 0.29) is 5.92 Å². The number of methoxy groups -OCH3 is 1. The van der Waals surface area contributed by atoms with Crippen molar-refractivity contribution in [2.24, 2.45) is 17.3 Å². The van der Waals surface area contributed by atoms with Gasteiger partial charge in [0, 0.05) is 17.9 Å². The predicted molar refractivity (Wildman–Crippen MR) is 86.6 cm³/mol. The van der Waals surface area contributed by atoms with Gasteiger partial charge in [-0.2, -0.15) is 0 Å². The first kappa shape index (κ1) is 16.1. The highest BCUT2D eigenvalue weighted by molar-refractivity contribution is 5.83. The van der Waals surface area contributed by atoms with E-state index in [4.69, 9.17) is 4.74 Å². The normalized spacial score (nSPS) is 22.9. The molecule has 2 heteroatoms. The molecule has 2 nitrogen and oxygen atoms in total. The van der Waals surface area contributed by atoms with Crippen LogP contribution in [0.4, 0.5) is 0 Å². The van der Waals surface area contributed by atoms with Crippen LogP contribution in [0.15, 0.2) is 24.3 Å². The molecular formula is C19H28O2. The van der Waals surface area contributed by atoms with Gasteiger partial charge in [-0.1, -0.05) is 39.0 Å². The molecule has 0 N–H and O–H groups in total. The third kappa shape index (κ3) is 4.09. The fraction of sp³-hybridized carbons (Fsp3) is 0.632. The van der Waals surface area contributed by atoms with Gasteiger partial charge in [-0.25, -0.2) is 0 Å². The lowest BCUT2D eigenvalue weighted by Gasteiger charge is -2.36. The Hall–Kier alpha value is -1.31. The quantitative estimate of drug-likeness (QED) is 0.805. The van der Waals surface area contributed by atoms with Crippen LogP contribution in [0.1, 0.15) is 52.0 Å². The number of hydrogen-bond donors (Lipinski definition) is 0. The molecule has 0 saturated heterocycles. The maximum Gasteiger partial charge on any atom is 0.140 e. The Morgan fingerprint density at radius 1 is 1.14 bits per heavy atom. The third-order valence-corrected chi connectivity index (χ3v) is 4.96. The Bertz CT molecular complexity index is 477. The minimum atomic E-state index is 0.244. The van der Waals surface area contributed by atoms with Gasteiger partial charge >= 0.3 is 0 Å². The van der Waals surface area contributed by atoms with E-state index in [1.165, 1.54) is 12.8 Å². The molecule has 1 saturated carbocycles. The molecular weight excluding hydrogens is 260 g/mol. The highest BCUT2D eigenvalue weighted by atomic mass is 16.5. The van der Waals surface area contributed by atoms with Gasteiger partial charge in [0.1, 0.15) is 11.5 Å². The second kappa shape index (κ2) is 6.64. The molecule has 0 aromatic heterocycles. The highest BCUT2D eigenvalue weighted by Gasteiger charge is 2.32. The van der Waals surface area contributed by atoms with Crippen LogP contribution in [-0.4, -0.2) is 12.9 Å². The van der Waals surface area contributed by atoms with Crippen molar-refractivity contribution in [3.05, 3.63) is 29.8 Å². The van der Waals surface area contributed by atoms with Gasteiger partial charge in [-0.3, -0.25) is 4.79 Å². The molecule has 0 bridgehead atoms. The first-order chi connectivity index (χ1) is 9.91. The molecule has 0 radical (unpaired) electrons. The molecule has 0 amide bonds. The van der Waals surface area contributed by atoms with Gasteiger partial charge in [0.05, 0.1) is 7.11 Å². The fourth-order valence-electron chi connectivity index (χ4n) is 3.46. The highest BCUT2D eigenvalue weighted by Crippen LogP contribution is 2.40. The van der Waals surface area contributed by atoms with Crippen LogP contribution in [0.3, 0.4) is 0 Å².